The van der Waals surface area contributed by atoms with Gasteiger partial charge in [0.05, 0.1) is 18.5 Å². The Morgan fingerprint density at radius 3 is 2.55 bits per heavy atom. The zero-order chi connectivity index (χ0) is 20.4. The number of imidazole rings is 1. The van der Waals surface area contributed by atoms with Crippen molar-refractivity contribution in [2.24, 2.45) is 0 Å². The molecule has 1 N–H and O–H groups in total. The van der Waals surface area contributed by atoms with Crippen LogP contribution in [0.4, 0.5) is 0 Å². The van der Waals surface area contributed by atoms with Gasteiger partial charge in [0.2, 0.25) is 5.91 Å². The fourth-order valence-electron chi connectivity index (χ4n) is 3.92. The first-order valence-electron chi connectivity index (χ1n) is 9.99. The van der Waals surface area contributed by atoms with Gasteiger partial charge >= 0.3 is 0 Å². The topological polar surface area (TPSA) is 101 Å². The average molecular weight is 399 g/mol. The Bertz CT molecular complexity index is 910. The van der Waals surface area contributed by atoms with Crippen LogP contribution in [0, 0.1) is 0 Å². The molecule has 0 aromatic carbocycles. The fourth-order valence-corrected chi connectivity index (χ4v) is 3.92. The van der Waals surface area contributed by atoms with Crippen LogP contribution in [-0.4, -0.2) is 63.3 Å². The van der Waals surface area contributed by atoms with Crippen molar-refractivity contribution in [3.05, 3.63) is 41.4 Å². The summed E-state index contributed by atoms with van der Waals surface area (Å²) in [5, 5.41) is 2.82. The summed E-state index contributed by atoms with van der Waals surface area (Å²) in [6.07, 6.45) is 4.21. The lowest BCUT2D eigenvalue weighted by Gasteiger charge is -2.34. The van der Waals surface area contributed by atoms with Crippen LogP contribution in [0.3, 0.4) is 0 Å². The second-order valence-electron chi connectivity index (χ2n) is 7.40. The molecule has 1 fully saturated rings. The minimum Gasteiger partial charge on any atom is -0.467 e. The maximum Gasteiger partial charge on any atom is 0.287 e. The molecule has 154 valence electrons. The monoisotopic (exact) mass is 399 g/mol. The summed E-state index contributed by atoms with van der Waals surface area (Å²) in [4.78, 5) is 45.3. The van der Waals surface area contributed by atoms with Crippen LogP contribution in [0.5, 0.6) is 0 Å². The lowest BCUT2D eigenvalue weighted by Crippen LogP contribution is -2.50. The summed E-state index contributed by atoms with van der Waals surface area (Å²) in [6, 6.07) is 3.55. The Balaban J connectivity index is 1.52. The lowest BCUT2D eigenvalue weighted by molar-refractivity contribution is -0.130. The average Bonchev–Trinajstić information content (AvgIpc) is 3.39. The van der Waals surface area contributed by atoms with E-state index >= 15 is 0 Å². The molecule has 4 heterocycles. The number of hydrogen-bond acceptors (Lipinski definition) is 5. The first-order valence-corrected chi connectivity index (χ1v) is 9.99. The van der Waals surface area contributed by atoms with Crippen LogP contribution in [-0.2, 0) is 24.3 Å². The number of piperazine rings is 1. The van der Waals surface area contributed by atoms with Gasteiger partial charge in [-0.05, 0) is 31.4 Å². The number of carbonyl (C=O) groups excluding carboxylic acids is 3. The van der Waals surface area contributed by atoms with Gasteiger partial charge in [-0.15, -0.1) is 0 Å². The zero-order valence-electron chi connectivity index (χ0n) is 16.5. The molecular formula is C20H25N5O4. The van der Waals surface area contributed by atoms with Gasteiger partial charge in [0.25, 0.3) is 11.8 Å². The van der Waals surface area contributed by atoms with Gasteiger partial charge in [-0.25, -0.2) is 4.98 Å². The predicted molar refractivity (Wildman–Crippen MR) is 103 cm³/mol. The minimum absolute atomic E-state index is 0.0204. The van der Waals surface area contributed by atoms with Crippen LogP contribution in [0.2, 0.25) is 0 Å². The van der Waals surface area contributed by atoms with Crippen molar-refractivity contribution in [2.75, 3.05) is 26.2 Å². The molecule has 1 saturated heterocycles. The van der Waals surface area contributed by atoms with Gasteiger partial charge in [-0.1, -0.05) is 0 Å². The van der Waals surface area contributed by atoms with Gasteiger partial charge in [-0.2, -0.15) is 0 Å². The Morgan fingerprint density at radius 1 is 1.10 bits per heavy atom. The molecule has 0 aliphatic carbocycles. The molecule has 9 nitrogen and oxygen atoms in total. The second-order valence-corrected chi connectivity index (χ2v) is 7.40. The Kier molecular flexibility index (Phi) is 5.37. The van der Waals surface area contributed by atoms with Crippen molar-refractivity contribution in [3.63, 3.8) is 0 Å². The van der Waals surface area contributed by atoms with Gasteiger partial charge in [0, 0.05) is 39.6 Å². The first kappa shape index (κ1) is 19.2. The number of aromatic nitrogens is 2. The van der Waals surface area contributed by atoms with Crippen molar-refractivity contribution < 1.29 is 18.8 Å². The molecule has 29 heavy (non-hydrogen) atoms. The van der Waals surface area contributed by atoms with Crippen molar-refractivity contribution in [2.45, 2.75) is 39.3 Å². The molecule has 3 amide bonds. The van der Waals surface area contributed by atoms with Gasteiger partial charge in [-0.3, -0.25) is 14.4 Å². The highest BCUT2D eigenvalue weighted by Crippen LogP contribution is 2.23. The molecule has 0 bridgehead atoms. The van der Waals surface area contributed by atoms with E-state index < -0.39 is 0 Å². The molecule has 2 aromatic heterocycles. The maximum absolute atomic E-state index is 13.1. The normalized spacial score (nSPS) is 16.4. The van der Waals surface area contributed by atoms with E-state index in [-0.39, 0.29) is 30.1 Å². The van der Waals surface area contributed by atoms with Crippen LogP contribution in [0.25, 0.3) is 0 Å². The van der Waals surface area contributed by atoms with Gasteiger partial charge in [0.15, 0.2) is 5.82 Å². The zero-order valence-corrected chi connectivity index (χ0v) is 16.5. The van der Waals surface area contributed by atoms with E-state index in [1.807, 2.05) is 4.57 Å². The minimum atomic E-state index is -0.315. The van der Waals surface area contributed by atoms with Crippen molar-refractivity contribution in [1.29, 1.82) is 0 Å². The molecule has 0 radical (unpaired) electrons. The molecule has 0 saturated carbocycles. The van der Waals surface area contributed by atoms with Crippen LogP contribution >= 0.6 is 0 Å². The molecule has 0 unspecified atom stereocenters. The van der Waals surface area contributed by atoms with E-state index in [1.165, 1.54) is 6.92 Å². The summed E-state index contributed by atoms with van der Waals surface area (Å²) >= 11 is 0. The van der Waals surface area contributed by atoms with Crippen molar-refractivity contribution >= 4 is 17.7 Å². The number of amides is 3. The Hall–Kier alpha value is -3.10. The molecule has 2 aliphatic heterocycles. The summed E-state index contributed by atoms with van der Waals surface area (Å²) in [7, 11) is 0. The molecule has 0 atom stereocenters. The number of furan rings is 1. The second kappa shape index (κ2) is 8.10. The number of carbonyl (C=O) groups is 3. The van der Waals surface area contributed by atoms with E-state index in [0.29, 0.717) is 44.2 Å². The number of hydrogen-bond donors (Lipinski definition) is 1. The first-order chi connectivity index (χ1) is 14.0. The molecule has 9 heteroatoms. The lowest BCUT2D eigenvalue weighted by atomic mass is 10.1. The number of fused-ring (bicyclic) bond motifs is 1. The third-order valence-corrected chi connectivity index (χ3v) is 5.54. The van der Waals surface area contributed by atoms with E-state index in [2.05, 4.69) is 10.3 Å². The van der Waals surface area contributed by atoms with E-state index in [0.717, 1.165) is 25.0 Å². The van der Waals surface area contributed by atoms with Gasteiger partial charge < -0.3 is 24.1 Å². The Morgan fingerprint density at radius 2 is 1.86 bits per heavy atom. The van der Waals surface area contributed by atoms with Crippen LogP contribution < -0.4 is 5.32 Å². The van der Waals surface area contributed by atoms with Crippen LogP contribution in [0.15, 0.2) is 22.8 Å². The third kappa shape index (κ3) is 3.90. The Labute approximate surface area is 168 Å². The highest BCUT2D eigenvalue weighted by atomic mass is 16.3. The molecule has 2 aromatic rings. The van der Waals surface area contributed by atoms with E-state index in [1.54, 1.807) is 28.2 Å². The summed E-state index contributed by atoms with van der Waals surface area (Å²) in [5.74, 6) is 0.473. The highest BCUT2D eigenvalue weighted by molar-refractivity contribution is 5.97. The SMILES string of the molecule is CC(=O)N1CCN(C(=O)c2nc(C(=O)NCc3ccco3)n3c2CCCC3)CC1. The van der Waals surface area contributed by atoms with E-state index in [9.17, 15) is 14.4 Å². The highest BCUT2D eigenvalue weighted by Gasteiger charge is 2.31. The standard InChI is InChI=1S/C20H25N5O4/c1-14(26)23-8-10-24(11-9-23)20(28)17-16-6-2-3-7-25(16)18(22-17)19(27)21-13-15-5-4-12-29-15/h4-5,12H,2-3,6-11,13H2,1H3,(H,21,27). The van der Waals surface area contributed by atoms with Crippen molar-refractivity contribution in [1.82, 2.24) is 24.7 Å². The smallest absolute Gasteiger partial charge is 0.287 e. The van der Waals surface area contributed by atoms with Gasteiger partial charge in [0.1, 0.15) is 11.5 Å². The van der Waals surface area contributed by atoms with Crippen LogP contribution in [0.1, 0.15) is 52.3 Å². The molecule has 4 rings (SSSR count). The molecule has 0 spiro atoms. The van der Waals surface area contributed by atoms with Crippen molar-refractivity contribution in [3.8, 4) is 0 Å². The molecular weight excluding hydrogens is 374 g/mol. The summed E-state index contributed by atoms with van der Waals surface area (Å²) < 4.78 is 7.12. The number of nitrogens with zero attached hydrogens (tertiary/aromatic N) is 4. The predicted octanol–water partition coefficient (Wildman–Crippen LogP) is 1.05. The number of rotatable bonds is 4. The number of nitrogens with one attached hydrogen (secondary N) is 1. The maximum atomic E-state index is 13.1. The summed E-state index contributed by atoms with van der Waals surface area (Å²) in [5.41, 5.74) is 1.20. The molecule has 2 aliphatic rings. The summed E-state index contributed by atoms with van der Waals surface area (Å²) in [6.45, 7) is 4.48. The third-order valence-electron chi connectivity index (χ3n) is 5.54. The fraction of sp³-hybridized carbons (Fsp3) is 0.500. The van der Waals surface area contributed by atoms with E-state index in [4.69, 9.17) is 4.42 Å². The quantitative estimate of drug-likeness (QED) is 0.828. The largest absolute Gasteiger partial charge is 0.467 e.